The van der Waals surface area contributed by atoms with Gasteiger partial charge < -0.3 is 25.2 Å². The van der Waals surface area contributed by atoms with E-state index < -0.39 is 26.3 Å². The monoisotopic (exact) mass is 442 g/mol. The van der Waals surface area contributed by atoms with Gasteiger partial charge in [-0.2, -0.15) is 4.98 Å². The Morgan fingerprint density at radius 1 is 1.33 bits per heavy atom. The van der Waals surface area contributed by atoms with Crippen molar-refractivity contribution in [2.75, 3.05) is 28.9 Å². The van der Waals surface area contributed by atoms with Crippen LogP contribution in [0.1, 0.15) is 20.8 Å². The minimum absolute atomic E-state index is 0.0489. The average Bonchev–Trinajstić information content (AvgIpc) is 2.61. The lowest BCUT2D eigenvalue weighted by Gasteiger charge is -2.28. The van der Waals surface area contributed by atoms with Gasteiger partial charge in [-0.1, -0.05) is 0 Å². The van der Waals surface area contributed by atoms with E-state index in [2.05, 4.69) is 30.1 Å². The van der Waals surface area contributed by atoms with Gasteiger partial charge in [0, 0.05) is 5.54 Å². The molecule has 0 saturated heterocycles. The molecule has 0 fully saturated rings. The number of hydrogen-bond acceptors (Lipinski definition) is 9. The first-order chi connectivity index (χ1) is 13.9. The predicted molar refractivity (Wildman–Crippen MR) is 104 cm³/mol. The van der Waals surface area contributed by atoms with E-state index in [1.807, 2.05) is 20.8 Å². The molecular weight excluding hydrogens is 422 g/mol. The van der Waals surface area contributed by atoms with Crippen molar-refractivity contribution in [1.29, 1.82) is 0 Å². The summed E-state index contributed by atoms with van der Waals surface area (Å²) in [5.74, 6) is -1.08. The summed E-state index contributed by atoms with van der Waals surface area (Å²) in [5.41, 5.74) is -0.351. The van der Waals surface area contributed by atoms with Crippen molar-refractivity contribution >= 4 is 37.1 Å². The van der Waals surface area contributed by atoms with Crippen molar-refractivity contribution < 1.29 is 32.8 Å². The van der Waals surface area contributed by atoms with Gasteiger partial charge in [0.05, 0.1) is 6.20 Å². The number of rotatable bonds is 6. The minimum atomic E-state index is -4.82. The summed E-state index contributed by atoms with van der Waals surface area (Å²) in [6.07, 6.45) is 0.995. The predicted octanol–water partition coefficient (Wildman–Crippen LogP) is 1.76. The summed E-state index contributed by atoms with van der Waals surface area (Å²) in [4.78, 5) is 42.9. The summed E-state index contributed by atoms with van der Waals surface area (Å²) in [7, 11) is -4.82. The van der Waals surface area contributed by atoms with Gasteiger partial charge in [-0.3, -0.25) is 14.2 Å². The smallest absolute Gasteiger partial charge is 0.471 e. The Hall–Kier alpha value is -2.86. The molecule has 4 N–H and O–H groups in total. The molecule has 12 nitrogen and oxygen atoms in total. The van der Waals surface area contributed by atoms with Crippen LogP contribution in [0.5, 0.6) is 5.75 Å². The first kappa shape index (κ1) is 21.8. The molecule has 14 heteroatoms. The summed E-state index contributed by atoms with van der Waals surface area (Å²) in [5, 5.41) is 5.71. The fraction of sp³-hybridized carbons (Fsp3) is 0.375. The van der Waals surface area contributed by atoms with Crippen LogP contribution in [0.4, 0.5) is 27.8 Å². The van der Waals surface area contributed by atoms with E-state index in [1.165, 1.54) is 12.1 Å². The second kappa shape index (κ2) is 8.11. The van der Waals surface area contributed by atoms with Crippen LogP contribution in [-0.2, 0) is 13.9 Å². The van der Waals surface area contributed by atoms with E-state index in [0.717, 1.165) is 11.1 Å². The number of aromatic nitrogens is 3. The molecule has 3 heterocycles. The molecule has 30 heavy (non-hydrogen) atoms. The molecule has 3 rings (SSSR count). The zero-order valence-corrected chi connectivity index (χ0v) is 17.2. The van der Waals surface area contributed by atoms with Crippen molar-refractivity contribution in [3.05, 3.63) is 24.1 Å². The summed E-state index contributed by atoms with van der Waals surface area (Å²) < 4.78 is 34.8. The molecule has 0 spiro atoms. The number of nitrogens with zero attached hydrogens (tertiary/aromatic N) is 4. The Morgan fingerprint density at radius 3 is 2.73 bits per heavy atom. The first-order valence-electron chi connectivity index (χ1n) is 8.63. The van der Waals surface area contributed by atoms with Crippen molar-refractivity contribution in [3.63, 3.8) is 0 Å². The van der Waals surface area contributed by atoms with Crippen LogP contribution in [-0.4, -0.2) is 49.5 Å². The van der Waals surface area contributed by atoms with Gasteiger partial charge in [0.25, 0.3) is 5.91 Å². The Labute approximate surface area is 170 Å². The van der Waals surface area contributed by atoms with Crippen LogP contribution in [0.25, 0.3) is 0 Å². The molecule has 2 aromatic rings. The van der Waals surface area contributed by atoms with E-state index in [-0.39, 0.29) is 41.3 Å². The standard InChI is InChI=1S/C16H20FN6O6P/c1-16(2,3)22-15-18-6-9(17)13(21-15)19-11-5-4-10-14(20-11)23(12(24)7-28-10)8-29-30(25,26)27/h4-6H,7-8H2,1-3H3,(H2,25,26,27)(H2,18,19,20,21,22). The highest BCUT2D eigenvalue weighted by Gasteiger charge is 2.30. The largest absolute Gasteiger partial charge is 0.480 e. The van der Waals surface area contributed by atoms with Crippen LogP contribution < -0.4 is 20.3 Å². The van der Waals surface area contributed by atoms with Crippen LogP contribution in [0.15, 0.2) is 18.3 Å². The van der Waals surface area contributed by atoms with Gasteiger partial charge in [0.15, 0.2) is 29.8 Å². The van der Waals surface area contributed by atoms with Crippen LogP contribution in [0.2, 0.25) is 0 Å². The molecule has 0 unspecified atom stereocenters. The fourth-order valence-electron chi connectivity index (χ4n) is 2.38. The van der Waals surface area contributed by atoms with Crippen LogP contribution in [0.3, 0.4) is 0 Å². The number of ether oxygens (including phenoxy) is 1. The SMILES string of the molecule is CC(C)(C)Nc1ncc(F)c(Nc2ccc3c(n2)N(COP(=O)(O)O)C(=O)CO3)n1. The summed E-state index contributed by atoms with van der Waals surface area (Å²) in [6.45, 7) is 4.58. The Kier molecular flexibility index (Phi) is 5.90. The molecule has 1 aliphatic heterocycles. The van der Waals surface area contributed by atoms with Crippen molar-refractivity contribution in [3.8, 4) is 5.75 Å². The van der Waals surface area contributed by atoms with Crippen molar-refractivity contribution in [2.24, 2.45) is 0 Å². The molecule has 2 aromatic heterocycles. The van der Waals surface area contributed by atoms with Gasteiger partial charge in [-0.25, -0.2) is 18.9 Å². The lowest BCUT2D eigenvalue weighted by Crippen LogP contribution is -2.40. The molecule has 0 saturated carbocycles. The second-order valence-electron chi connectivity index (χ2n) is 7.27. The normalized spacial score (nSPS) is 14.2. The van der Waals surface area contributed by atoms with E-state index >= 15 is 0 Å². The molecule has 0 radical (unpaired) electrons. The topological polar surface area (TPSA) is 159 Å². The quantitative estimate of drug-likeness (QED) is 0.483. The number of halogens is 1. The molecule has 0 atom stereocenters. The lowest BCUT2D eigenvalue weighted by molar-refractivity contribution is -0.122. The molecule has 0 aromatic carbocycles. The number of amides is 1. The minimum Gasteiger partial charge on any atom is -0.480 e. The number of carbonyl (C=O) groups excluding carboxylic acids is 1. The third kappa shape index (κ3) is 5.60. The molecule has 1 amide bonds. The third-order valence-corrected chi connectivity index (χ3v) is 4.03. The maximum Gasteiger partial charge on any atom is 0.471 e. The Balaban J connectivity index is 1.87. The highest BCUT2D eigenvalue weighted by molar-refractivity contribution is 7.46. The molecule has 1 aliphatic rings. The van der Waals surface area contributed by atoms with E-state index in [9.17, 15) is 13.8 Å². The molecule has 162 valence electrons. The number of nitrogens with one attached hydrogen (secondary N) is 2. The first-order valence-corrected chi connectivity index (χ1v) is 10.2. The highest BCUT2D eigenvalue weighted by atomic mass is 31.2. The molecule has 0 bridgehead atoms. The van der Waals surface area contributed by atoms with Gasteiger partial charge in [-0.05, 0) is 32.9 Å². The number of carbonyl (C=O) groups is 1. The number of anilines is 4. The maximum absolute atomic E-state index is 14.2. The zero-order chi connectivity index (χ0) is 22.1. The Morgan fingerprint density at radius 2 is 2.07 bits per heavy atom. The second-order valence-corrected chi connectivity index (χ2v) is 8.51. The number of hydrogen-bond donors (Lipinski definition) is 4. The number of pyridine rings is 1. The third-order valence-electron chi connectivity index (χ3n) is 3.58. The van der Waals surface area contributed by atoms with Gasteiger partial charge in [0.1, 0.15) is 12.5 Å². The van der Waals surface area contributed by atoms with Gasteiger partial charge in [-0.15, -0.1) is 0 Å². The van der Waals surface area contributed by atoms with Crippen LogP contribution in [0, 0.1) is 5.82 Å². The zero-order valence-electron chi connectivity index (χ0n) is 16.3. The maximum atomic E-state index is 14.2. The Bertz CT molecular complexity index is 1010. The van der Waals surface area contributed by atoms with E-state index in [4.69, 9.17) is 14.5 Å². The lowest BCUT2D eigenvalue weighted by atomic mass is 10.1. The summed E-state index contributed by atoms with van der Waals surface area (Å²) >= 11 is 0. The van der Waals surface area contributed by atoms with E-state index in [1.54, 1.807) is 0 Å². The fourth-order valence-corrected chi connectivity index (χ4v) is 2.65. The van der Waals surface area contributed by atoms with Crippen molar-refractivity contribution in [2.45, 2.75) is 26.3 Å². The van der Waals surface area contributed by atoms with Gasteiger partial charge >= 0.3 is 7.82 Å². The number of phosphoric acid groups is 1. The van der Waals surface area contributed by atoms with Crippen LogP contribution >= 0.6 is 7.82 Å². The van der Waals surface area contributed by atoms with Gasteiger partial charge in [0.2, 0.25) is 5.95 Å². The van der Waals surface area contributed by atoms with Crippen molar-refractivity contribution in [1.82, 2.24) is 15.0 Å². The molecular formula is C16H20FN6O6P. The average molecular weight is 442 g/mol. The number of fused-ring (bicyclic) bond motifs is 1. The number of phosphoric ester groups is 1. The molecule has 0 aliphatic carbocycles. The van der Waals surface area contributed by atoms with E-state index in [0.29, 0.717) is 0 Å². The highest BCUT2D eigenvalue weighted by Crippen LogP contribution is 2.38. The summed E-state index contributed by atoms with van der Waals surface area (Å²) in [6, 6.07) is 2.93.